The molecule has 0 spiro atoms. The zero-order chi connectivity index (χ0) is 13.8. The molecule has 0 aromatic heterocycles. The van der Waals surface area contributed by atoms with Gasteiger partial charge in [-0.3, -0.25) is 4.72 Å². The summed E-state index contributed by atoms with van der Waals surface area (Å²) in [6.45, 7) is 2.12. The van der Waals surface area contributed by atoms with Gasteiger partial charge >= 0.3 is 10.2 Å². The lowest BCUT2D eigenvalue weighted by Crippen LogP contribution is -2.29. The van der Waals surface area contributed by atoms with Gasteiger partial charge < -0.3 is 5.73 Å². The summed E-state index contributed by atoms with van der Waals surface area (Å²) in [6, 6.07) is 5.26. The minimum Gasteiger partial charge on any atom is -0.320 e. The fourth-order valence-electron chi connectivity index (χ4n) is 1.24. The maximum absolute atomic E-state index is 11.7. The summed E-state index contributed by atoms with van der Waals surface area (Å²) in [5.41, 5.74) is 7.45. The molecule has 5 nitrogen and oxygen atoms in total. The van der Waals surface area contributed by atoms with Gasteiger partial charge in [0.2, 0.25) is 0 Å². The first-order chi connectivity index (χ1) is 8.36. The van der Waals surface area contributed by atoms with Gasteiger partial charge in [0.1, 0.15) is 0 Å². The van der Waals surface area contributed by atoms with Crippen LogP contribution >= 0.6 is 0 Å². The van der Waals surface area contributed by atoms with Gasteiger partial charge in [-0.05, 0) is 30.7 Å². The highest BCUT2D eigenvalue weighted by molar-refractivity contribution is 7.90. The highest BCUT2D eigenvalue weighted by Gasteiger charge is 2.13. The second kappa shape index (κ2) is 5.87. The molecule has 6 heteroatoms. The minimum absolute atomic E-state index is 0.300. The molecule has 0 saturated heterocycles. The van der Waals surface area contributed by atoms with Crippen molar-refractivity contribution in [3.63, 3.8) is 0 Å². The van der Waals surface area contributed by atoms with Crippen LogP contribution in [0.15, 0.2) is 18.2 Å². The van der Waals surface area contributed by atoms with Gasteiger partial charge in [-0.2, -0.15) is 12.7 Å². The first-order valence-corrected chi connectivity index (χ1v) is 6.80. The summed E-state index contributed by atoms with van der Waals surface area (Å²) < 4.78 is 27.0. The van der Waals surface area contributed by atoms with E-state index in [9.17, 15) is 8.42 Å². The van der Waals surface area contributed by atoms with Crippen LogP contribution in [0.2, 0.25) is 0 Å². The molecular weight excluding hydrogens is 250 g/mol. The second-order valence-electron chi connectivity index (χ2n) is 3.93. The molecule has 0 bridgehead atoms. The van der Waals surface area contributed by atoms with Crippen LogP contribution in [0.25, 0.3) is 0 Å². The first-order valence-electron chi connectivity index (χ1n) is 5.36. The molecule has 0 unspecified atom stereocenters. The van der Waals surface area contributed by atoms with Crippen molar-refractivity contribution < 1.29 is 8.42 Å². The molecule has 0 saturated carbocycles. The predicted molar refractivity (Wildman–Crippen MR) is 73.3 cm³/mol. The fraction of sp³-hybridized carbons (Fsp3) is 0.333. The molecule has 0 aliphatic rings. The van der Waals surface area contributed by atoms with Gasteiger partial charge in [-0.25, -0.2) is 0 Å². The number of hydrogen-bond acceptors (Lipinski definition) is 3. The van der Waals surface area contributed by atoms with E-state index in [2.05, 4.69) is 16.6 Å². The molecular formula is C12H17N3O2S. The van der Waals surface area contributed by atoms with E-state index in [1.54, 1.807) is 12.1 Å². The number of rotatable bonds is 3. The van der Waals surface area contributed by atoms with Crippen LogP contribution in [0, 0.1) is 18.8 Å². The van der Waals surface area contributed by atoms with Crippen LogP contribution in [0.4, 0.5) is 5.69 Å². The van der Waals surface area contributed by atoms with Gasteiger partial charge in [0.05, 0.1) is 12.2 Å². The molecule has 98 valence electrons. The van der Waals surface area contributed by atoms with Gasteiger partial charge in [-0.1, -0.05) is 11.8 Å². The maximum atomic E-state index is 11.7. The molecule has 1 rings (SSSR count). The number of nitrogens with zero attached hydrogens (tertiary/aromatic N) is 1. The third-order valence-electron chi connectivity index (χ3n) is 2.28. The summed E-state index contributed by atoms with van der Waals surface area (Å²) in [5, 5.41) is 0. The second-order valence-corrected chi connectivity index (χ2v) is 5.81. The van der Waals surface area contributed by atoms with E-state index in [-0.39, 0.29) is 0 Å². The van der Waals surface area contributed by atoms with Gasteiger partial charge in [0, 0.05) is 19.7 Å². The van der Waals surface area contributed by atoms with Crippen molar-refractivity contribution in [3.05, 3.63) is 29.3 Å². The van der Waals surface area contributed by atoms with Crippen molar-refractivity contribution >= 4 is 15.9 Å². The number of benzene rings is 1. The number of nitrogens with one attached hydrogen (secondary N) is 1. The molecule has 1 aromatic carbocycles. The Morgan fingerprint density at radius 1 is 1.39 bits per heavy atom. The van der Waals surface area contributed by atoms with Crippen LogP contribution in [0.1, 0.15) is 11.1 Å². The van der Waals surface area contributed by atoms with Crippen molar-refractivity contribution in [2.45, 2.75) is 6.92 Å². The van der Waals surface area contributed by atoms with E-state index < -0.39 is 10.2 Å². The summed E-state index contributed by atoms with van der Waals surface area (Å²) >= 11 is 0. The number of anilines is 1. The molecule has 3 N–H and O–H groups in total. The molecule has 0 radical (unpaired) electrons. The monoisotopic (exact) mass is 267 g/mol. The summed E-state index contributed by atoms with van der Waals surface area (Å²) in [4.78, 5) is 0. The Balaban J connectivity index is 3.00. The van der Waals surface area contributed by atoms with Crippen LogP contribution in [-0.4, -0.2) is 33.4 Å². The first kappa shape index (κ1) is 14.5. The smallest absolute Gasteiger partial charge is 0.301 e. The van der Waals surface area contributed by atoms with Crippen molar-refractivity contribution in [2.24, 2.45) is 5.73 Å². The number of hydrogen-bond donors (Lipinski definition) is 2. The van der Waals surface area contributed by atoms with Crippen LogP contribution in [-0.2, 0) is 10.2 Å². The zero-order valence-electron chi connectivity index (χ0n) is 10.7. The zero-order valence-corrected chi connectivity index (χ0v) is 11.5. The van der Waals surface area contributed by atoms with E-state index >= 15 is 0 Å². The topological polar surface area (TPSA) is 75.4 Å². The predicted octanol–water partition coefficient (Wildman–Crippen LogP) is 0.524. The Labute approximate surface area is 108 Å². The Bertz CT molecular complexity index is 583. The van der Waals surface area contributed by atoms with Crippen LogP contribution in [0.5, 0.6) is 0 Å². The molecule has 0 aliphatic carbocycles. The molecule has 0 fully saturated rings. The summed E-state index contributed by atoms with van der Waals surface area (Å²) in [5.74, 6) is 5.64. The Morgan fingerprint density at radius 2 is 2.06 bits per heavy atom. The average molecular weight is 267 g/mol. The van der Waals surface area contributed by atoms with Crippen molar-refractivity contribution in [3.8, 4) is 11.8 Å². The SMILES string of the molecule is Cc1cc(C#CCN)ccc1NS(=O)(=O)N(C)C. The van der Waals surface area contributed by atoms with Gasteiger partial charge in [0.25, 0.3) is 0 Å². The maximum Gasteiger partial charge on any atom is 0.301 e. The van der Waals surface area contributed by atoms with Crippen molar-refractivity contribution in [1.29, 1.82) is 0 Å². The van der Waals surface area contributed by atoms with Crippen molar-refractivity contribution in [1.82, 2.24) is 4.31 Å². The summed E-state index contributed by atoms with van der Waals surface area (Å²) in [7, 11) is -0.534. The van der Waals surface area contributed by atoms with Gasteiger partial charge in [0.15, 0.2) is 0 Å². The third-order valence-corrected chi connectivity index (χ3v) is 3.72. The minimum atomic E-state index is -3.48. The standard InChI is InChI=1S/C12H17N3O2S/c1-10-9-11(5-4-8-13)6-7-12(10)14-18(16,17)15(2)3/h6-7,9,14H,8,13H2,1-3H3. The number of aryl methyl sites for hydroxylation is 1. The van der Waals surface area contributed by atoms with Crippen molar-refractivity contribution in [2.75, 3.05) is 25.4 Å². The highest BCUT2D eigenvalue weighted by Crippen LogP contribution is 2.17. The lowest BCUT2D eigenvalue weighted by atomic mass is 10.1. The molecule has 0 aliphatic heterocycles. The molecule has 18 heavy (non-hydrogen) atoms. The molecule has 1 aromatic rings. The molecule has 0 heterocycles. The van der Waals surface area contributed by atoms with E-state index in [4.69, 9.17) is 5.73 Å². The lowest BCUT2D eigenvalue weighted by Gasteiger charge is -2.15. The third kappa shape index (κ3) is 3.74. The average Bonchev–Trinajstić information content (AvgIpc) is 2.29. The van der Waals surface area contributed by atoms with E-state index in [0.717, 1.165) is 15.4 Å². The lowest BCUT2D eigenvalue weighted by molar-refractivity contribution is 0.527. The van der Waals surface area contributed by atoms with Crippen LogP contribution < -0.4 is 10.5 Å². The molecule has 0 atom stereocenters. The van der Waals surface area contributed by atoms with Crippen LogP contribution in [0.3, 0.4) is 0 Å². The highest BCUT2D eigenvalue weighted by atomic mass is 32.2. The van der Waals surface area contributed by atoms with E-state index in [1.165, 1.54) is 14.1 Å². The fourth-order valence-corrected chi connectivity index (χ4v) is 1.93. The number of nitrogens with two attached hydrogens (primary N) is 1. The Kier molecular flexibility index (Phi) is 4.73. The van der Waals surface area contributed by atoms with E-state index in [0.29, 0.717) is 12.2 Å². The Hall–Kier alpha value is -1.55. The molecule has 0 amide bonds. The van der Waals surface area contributed by atoms with Gasteiger partial charge in [-0.15, -0.1) is 0 Å². The van der Waals surface area contributed by atoms with E-state index in [1.807, 2.05) is 13.0 Å². The Morgan fingerprint density at radius 3 is 2.56 bits per heavy atom. The quantitative estimate of drug-likeness (QED) is 0.784. The summed E-state index contributed by atoms with van der Waals surface area (Å²) in [6.07, 6.45) is 0. The normalized spacial score (nSPS) is 10.9. The largest absolute Gasteiger partial charge is 0.320 e.